The minimum Gasteiger partial charge on any atom is -0.322 e. The Bertz CT molecular complexity index is 721. The number of piperidine rings is 1. The van der Waals surface area contributed by atoms with Gasteiger partial charge < -0.3 is 9.47 Å². The Balaban J connectivity index is 1.34. The maximum atomic E-state index is 13.6. The number of likely N-dealkylation sites (tertiary alicyclic amines) is 1. The average molecular weight is 397 g/mol. The summed E-state index contributed by atoms with van der Waals surface area (Å²) >= 11 is 0. The van der Waals surface area contributed by atoms with E-state index in [4.69, 9.17) is 0 Å². The van der Waals surface area contributed by atoms with E-state index in [0.29, 0.717) is 25.0 Å². The fourth-order valence-electron chi connectivity index (χ4n) is 6.17. The third-order valence-corrected chi connectivity index (χ3v) is 7.85. The van der Waals surface area contributed by atoms with Crippen molar-refractivity contribution in [2.24, 2.45) is 11.3 Å². The lowest BCUT2D eigenvalue weighted by Gasteiger charge is -2.55. The zero-order chi connectivity index (χ0) is 19.5. The highest BCUT2D eigenvalue weighted by atomic mass is 19.4. The summed E-state index contributed by atoms with van der Waals surface area (Å²) in [5.41, 5.74) is 2.23. The van der Waals surface area contributed by atoms with E-state index in [1.165, 1.54) is 36.7 Å². The van der Waals surface area contributed by atoms with E-state index in [-0.39, 0.29) is 5.92 Å². The number of alkyl halides is 3. The molecular formula is C21H31F3N4. The van der Waals surface area contributed by atoms with E-state index in [9.17, 15) is 13.2 Å². The molecule has 3 fully saturated rings. The lowest BCUT2D eigenvalue weighted by Crippen LogP contribution is -2.48. The Morgan fingerprint density at radius 1 is 1.07 bits per heavy atom. The molecule has 2 aliphatic carbocycles. The van der Waals surface area contributed by atoms with Gasteiger partial charge in [0.1, 0.15) is 0 Å². The maximum absolute atomic E-state index is 13.6. The van der Waals surface area contributed by atoms with Crippen LogP contribution in [-0.2, 0) is 19.3 Å². The van der Waals surface area contributed by atoms with Crippen molar-refractivity contribution >= 4 is 0 Å². The van der Waals surface area contributed by atoms with Crippen molar-refractivity contribution in [3.8, 4) is 0 Å². The molecule has 0 N–H and O–H groups in total. The zero-order valence-electron chi connectivity index (χ0n) is 16.8. The highest BCUT2D eigenvalue weighted by molar-refractivity contribution is 5.25. The van der Waals surface area contributed by atoms with Crippen LogP contribution in [0.25, 0.3) is 0 Å². The Hall–Kier alpha value is -1.08. The summed E-state index contributed by atoms with van der Waals surface area (Å²) in [6.07, 6.45) is 4.28. The van der Waals surface area contributed by atoms with Crippen molar-refractivity contribution in [1.29, 1.82) is 0 Å². The molecule has 7 heteroatoms. The van der Waals surface area contributed by atoms with Crippen LogP contribution >= 0.6 is 0 Å². The predicted octanol–water partition coefficient (Wildman–Crippen LogP) is 4.11. The quantitative estimate of drug-likeness (QED) is 0.769. The van der Waals surface area contributed by atoms with Gasteiger partial charge in [-0.15, -0.1) is 0 Å². The monoisotopic (exact) mass is 396 g/mol. The third-order valence-electron chi connectivity index (χ3n) is 7.85. The van der Waals surface area contributed by atoms with Gasteiger partial charge in [-0.2, -0.15) is 13.2 Å². The summed E-state index contributed by atoms with van der Waals surface area (Å²) in [5, 5.41) is 0. The SMILES string of the molecule is CN1CCC(c2nc(C(F)(F)F)n3c2CN(CC2CC4(CCC4)C2)CC3)CC1. The number of nitrogens with zero attached hydrogens (tertiary/aromatic N) is 4. The number of aromatic nitrogens is 2. The molecule has 2 aliphatic heterocycles. The molecule has 0 amide bonds. The molecular weight excluding hydrogens is 365 g/mol. The molecule has 4 aliphatic rings. The van der Waals surface area contributed by atoms with Gasteiger partial charge in [-0.3, -0.25) is 4.90 Å². The fourth-order valence-corrected chi connectivity index (χ4v) is 6.17. The number of hydrogen-bond donors (Lipinski definition) is 0. The molecule has 3 heterocycles. The second-order valence-electron chi connectivity index (χ2n) is 9.86. The normalized spacial score (nSPS) is 26.9. The molecule has 0 aromatic carbocycles. The van der Waals surface area contributed by atoms with Crippen LogP contribution < -0.4 is 0 Å². The Kier molecular flexibility index (Phi) is 4.54. The highest BCUT2D eigenvalue weighted by Gasteiger charge is 2.48. The number of fused-ring (bicyclic) bond motifs is 1. The van der Waals surface area contributed by atoms with Gasteiger partial charge in [0.25, 0.3) is 0 Å². The van der Waals surface area contributed by atoms with E-state index < -0.39 is 12.0 Å². The number of halogens is 3. The van der Waals surface area contributed by atoms with Gasteiger partial charge in [-0.05, 0) is 70.0 Å². The fraction of sp³-hybridized carbons (Fsp3) is 0.857. The van der Waals surface area contributed by atoms with Crippen LogP contribution in [0.15, 0.2) is 0 Å². The van der Waals surface area contributed by atoms with Gasteiger partial charge in [0, 0.05) is 32.1 Å². The molecule has 1 aromatic rings. The lowest BCUT2D eigenvalue weighted by atomic mass is 9.52. The predicted molar refractivity (Wildman–Crippen MR) is 101 cm³/mol. The zero-order valence-corrected chi connectivity index (χ0v) is 16.8. The minimum atomic E-state index is -4.37. The van der Waals surface area contributed by atoms with Gasteiger partial charge >= 0.3 is 6.18 Å². The Morgan fingerprint density at radius 2 is 1.79 bits per heavy atom. The second kappa shape index (κ2) is 6.73. The van der Waals surface area contributed by atoms with E-state index in [1.54, 1.807) is 0 Å². The van der Waals surface area contributed by atoms with Crippen LogP contribution in [0.1, 0.15) is 68.1 Å². The van der Waals surface area contributed by atoms with E-state index in [2.05, 4.69) is 21.8 Å². The smallest absolute Gasteiger partial charge is 0.322 e. The summed E-state index contributed by atoms with van der Waals surface area (Å²) in [4.78, 5) is 8.85. The van der Waals surface area contributed by atoms with Crippen LogP contribution in [0.5, 0.6) is 0 Å². The number of hydrogen-bond acceptors (Lipinski definition) is 3. The molecule has 1 aromatic heterocycles. The van der Waals surface area contributed by atoms with Crippen molar-refractivity contribution in [1.82, 2.24) is 19.4 Å². The van der Waals surface area contributed by atoms with Gasteiger partial charge in [0.05, 0.1) is 11.4 Å². The summed E-state index contributed by atoms with van der Waals surface area (Å²) in [7, 11) is 2.08. The first-order valence-electron chi connectivity index (χ1n) is 10.9. The molecule has 0 atom stereocenters. The first-order valence-corrected chi connectivity index (χ1v) is 10.9. The average Bonchev–Trinajstić information content (AvgIpc) is 2.96. The van der Waals surface area contributed by atoms with Gasteiger partial charge in [-0.1, -0.05) is 6.42 Å². The Labute approximate surface area is 165 Å². The standard InChI is InChI=1S/C21H31F3N4/c1-26-7-3-16(4-8-26)18-17-14-27(13-15-11-20(12-15)5-2-6-20)9-10-28(17)19(25-18)21(22,23)24/h15-16H,2-14H2,1H3. The molecule has 28 heavy (non-hydrogen) atoms. The molecule has 1 saturated heterocycles. The van der Waals surface area contributed by atoms with Crippen LogP contribution in [0, 0.1) is 11.3 Å². The molecule has 4 nitrogen and oxygen atoms in total. The van der Waals surface area contributed by atoms with E-state index in [1.807, 2.05) is 0 Å². The van der Waals surface area contributed by atoms with Gasteiger partial charge in [0.2, 0.25) is 5.82 Å². The lowest BCUT2D eigenvalue weighted by molar-refractivity contribution is -0.147. The van der Waals surface area contributed by atoms with E-state index in [0.717, 1.165) is 49.8 Å². The summed E-state index contributed by atoms with van der Waals surface area (Å²) in [6, 6.07) is 0. The summed E-state index contributed by atoms with van der Waals surface area (Å²) in [5.74, 6) is 0.229. The molecule has 0 bridgehead atoms. The van der Waals surface area contributed by atoms with E-state index >= 15 is 0 Å². The second-order valence-corrected chi connectivity index (χ2v) is 9.86. The van der Waals surface area contributed by atoms with Crippen molar-refractivity contribution in [2.75, 3.05) is 33.2 Å². The largest absolute Gasteiger partial charge is 0.449 e. The van der Waals surface area contributed by atoms with Crippen LogP contribution in [0.3, 0.4) is 0 Å². The molecule has 0 unspecified atom stereocenters. The highest BCUT2D eigenvalue weighted by Crippen LogP contribution is 2.58. The molecule has 2 saturated carbocycles. The van der Waals surface area contributed by atoms with Crippen molar-refractivity contribution in [3.63, 3.8) is 0 Å². The number of imidazole rings is 1. The van der Waals surface area contributed by atoms with Gasteiger partial charge in [0.15, 0.2) is 0 Å². The van der Waals surface area contributed by atoms with Crippen LogP contribution in [0.2, 0.25) is 0 Å². The number of rotatable bonds is 3. The van der Waals surface area contributed by atoms with Crippen LogP contribution in [-0.4, -0.2) is 52.6 Å². The summed E-state index contributed by atoms with van der Waals surface area (Å²) < 4.78 is 42.3. The minimum absolute atomic E-state index is 0.162. The third kappa shape index (κ3) is 3.28. The van der Waals surface area contributed by atoms with Gasteiger partial charge in [-0.25, -0.2) is 4.98 Å². The van der Waals surface area contributed by atoms with Crippen molar-refractivity contribution < 1.29 is 13.2 Å². The first kappa shape index (κ1) is 18.9. The first-order chi connectivity index (χ1) is 13.3. The van der Waals surface area contributed by atoms with Crippen LogP contribution in [0.4, 0.5) is 13.2 Å². The van der Waals surface area contributed by atoms with Crippen molar-refractivity contribution in [3.05, 3.63) is 17.2 Å². The maximum Gasteiger partial charge on any atom is 0.449 e. The topological polar surface area (TPSA) is 24.3 Å². The van der Waals surface area contributed by atoms with Crippen molar-refractivity contribution in [2.45, 2.75) is 70.1 Å². The molecule has 0 radical (unpaired) electrons. The molecule has 156 valence electrons. The Morgan fingerprint density at radius 3 is 2.39 bits per heavy atom. The molecule has 5 rings (SSSR count). The molecule has 1 spiro atoms. The summed E-state index contributed by atoms with van der Waals surface area (Å²) in [6.45, 7) is 4.68.